The molecule has 0 N–H and O–H groups in total. The summed E-state index contributed by atoms with van der Waals surface area (Å²) in [7, 11) is 0. The van der Waals surface area contributed by atoms with Gasteiger partial charge in [0.15, 0.2) is 11.8 Å². The fourth-order valence-corrected chi connectivity index (χ4v) is 5.48. The van der Waals surface area contributed by atoms with Crippen molar-refractivity contribution in [1.82, 2.24) is 4.90 Å². The third-order valence-corrected chi connectivity index (χ3v) is 6.68. The van der Waals surface area contributed by atoms with E-state index >= 15 is 0 Å². The number of rotatable bonds is 2. The van der Waals surface area contributed by atoms with Crippen LogP contribution < -0.4 is 0 Å². The van der Waals surface area contributed by atoms with Gasteiger partial charge in [0.2, 0.25) is 11.7 Å². The van der Waals surface area contributed by atoms with Crippen LogP contribution in [0.5, 0.6) is 0 Å². The van der Waals surface area contributed by atoms with Gasteiger partial charge in [0, 0.05) is 24.8 Å². The molecule has 128 valence electrons. The molecule has 5 rings (SSSR count). The van der Waals surface area contributed by atoms with E-state index in [0.717, 1.165) is 25.7 Å². The summed E-state index contributed by atoms with van der Waals surface area (Å²) in [5, 5.41) is 0. The molecule has 0 aromatic heterocycles. The van der Waals surface area contributed by atoms with E-state index in [9.17, 15) is 4.79 Å². The Kier molecular flexibility index (Phi) is 3.42. The molecule has 0 unspecified atom stereocenters. The summed E-state index contributed by atoms with van der Waals surface area (Å²) in [6.45, 7) is 10.6. The van der Waals surface area contributed by atoms with E-state index in [-0.39, 0.29) is 24.0 Å². The summed E-state index contributed by atoms with van der Waals surface area (Å²) >= 11 is 0. The highest BCUT2D eigenvalue weighted by Gasteiger charge is 2.70. The molecule has 7 atom stereocenters. The van der Waals surface area contributed by atoms with Crippen LogP contribution in [0.3, 0.4) is 0 Å². The van der Waals surface area contributed by atoms with Gasteiger partial charge in [-0.1, -0.05) is 19.9 Å². The van der Waals surface area contributed by atoms with E-state index in [2.05, 4.69) is 13.5 Å². The van der Waals surface area contributed by atoms with Crippen LogP contribution >= 0.6 is 0 Å². The topological polar surface area (TPSA) is 48.0 Å². The van der Waals surface area contributed by atoms with E-state index in [1.54, 1.807) is 6.08 Å². The van der Waals surface area contributed by atoms with E-state index in [4.69, 9.17) is 14.5 Å². The highest BCUT2D eigenvalue weighted by Crippen LogP contribution is 2.60. The Labute approximate surface area is 137 Å². The van der Waals surface area contributed by atoms with Gasteiger partial charge in [0.05, 0.1) is 0 Å². The first-order chi connectivity index (χ1) is 10.9. The van der Waals surface area contributed by atoms with E-state index < -0.39 is 11.4 Å². The normalized spacial score (nSPS) is 52.0. The van der Waals surface area contributed by atoms with Gasteiger partial charge in [-0.2, -0.15) is 0 Å². The molecule has 1 aliphatic carbocycles. The largest absolute Gasteiger partial charge is 0.321 e. The van der Waals surface area contributed by atoms with Gasteiger partial charge in [-0.3, -0.25) is 4.79 Å². The Morgan fingerprint density at radius 1 is 1.26 bits per heavy atom. The van der Waals surface area contributed by atoms with Gasteiger partial charge in [-0.25, -0.2) is 9.78 Å². The number of nitrogens with zero attached hydrogens (tertiary/aromatic N) is 1. The van der Waals surface area contributed by atoms with Gasteiger partial charge < -0.3 is 9.64 Å². The minimum atomic E-state index is -0.766. The highest BCUT2D eigenvalue weighted by atomic mass is 17.3. The summed E-state index contributed by atoms with van der Waals surface area (Å²) in [6, 6.07) is 0. The number of ether oxygens (including phenoxy) is 1. The zero-order chi connectivity index (χ0) is 16.4. The molecule has 0 aromatic carbocycles. The van der Waals surface area contributed by atoms with Crippen LogP contribution in [0.4, 0.5) is 0 Å². The van der Waals surface area contributed by atoms with Crippen molar-refractivity contribution in [3.05, 3.63) is 12.7 Å². The van der Waals surface area contributed by atoms with Crippen molar-refractivity contribution in [2.45, 2.75) is 64.1 Å². The molecule has 2 bridgehead atoms. The molecule has 4 aliphatic heterocycles. The van der Waals surface area contributed by atoms with Crippen LogP contribution in [0.15, 0.2) is 12.7 Å². The summed E-state index contributed by atoms with van der Waals surface area (Å²) in [5.41, 5.74) is -0.538. The van der Waals surface area contributed by atoms with Gasteiger partial charge in [0.1, 0.15) is 0 Å². The summed E-state index contributed by atoms with van der Waals surface area (Å²) in [5.74, 6) is 0.378. The number of carbonyl (C=O) groups is 1. The zero-order valence-electron chi connectivity index (χ0n) is 14.3. The van der Waals surface area contributed by atoms with Crippen molar-refractivity contribution in [3.63, 3.8) is 0 Å². The number of piperidine rings is 1. The predicted molar refractivity (Wildman–Crippen MR) is 83.9 cm³/mol. The molecule has 0 radical (unpaired) electrons. The van der Waals surface area contributed by atoms with Crippen molar-refractivity contribution in [2.24, 2.45) is 23.7 Å². The lowest BCUT2D eigenvalue weighted by atomic mass is 9.57. The maximum Gasteiger partial charge on any atom is 0.228 e. The molecular formula is C18H27NO4. The van der Waals surface area contributed by atoms with Crippen molar-refractivity contribution in [2.75, 3.05) is 6.54 Å². The number of hydrogen-bond donors (Lipinski definition) is 0. The van der Waals surface area contributed by atoms with E-state index in [0.29, 0.717) is 18.4 Å². The summed E-state index contributed by atoms with van der Waals surface area (Å²) < 4.78 is 6.37. The van der Waals surface area contributed by atoms with Gasteiger partial charge in [-0.05, 0) is 38.0 Å². The maximum atomic E-state index is 12.9. The Hall–Kier alpha value is -0.910. The van der Waals surface area contributed by atoms with Crippen molar-refractivity contribution < 1.29 is 19.3 Å². The molecule has 4 heterocycles. The number of fused-ring (bicyclic) bond motifs is 2. The average Bonchev–Trinajstić information content (AvgIpc) is 2.76. The smallest absolute Gasteiger partial charge is 0.228 e. The average molecular weight is 321 g/mol. The molecule has 4 saturated heterocycles. The number of carbonyl (C=O) groups excluding carboxylic acids is 1. The van der Waals surface area contributed by atoms with Gasteiger partial charge in [-0.15, -0.1) is 6.58 Å². The Balaban J connectivity index is 1.86. The monoisotopic (exact) mass is 321 g/mol. The van der Waals surface area contributed by atoms with Gasteiger partial charge in [0.25, 0.3) is 0 Å². The van der Waals surface area contributed by atoms with Crippen molar-refractivity contribution in [3.8, 4) is 0 Å². The Bertz CT molecular complexity index is 537. The first-order valence-corrected chi connectivity index (χ1v) is 8.89. The lowest BCUT2D eigenvalue weighted by Crippen LogP contribution is -2.74. The SMILES string of the molecule is C=CCN1C(=O)[C@H](C)[C@@H]2CC[C@H](C)[C@@H]3CC[C@@]4(C)OO[C@]32[C@@H]1O4. The first-order valence-electron chi connectivity index (χ1n) is 8.89. The molecule has 1 spiro atoms. The fraction of sp³-hybridized carbons (Fsp3) is 0.833. The quantitative estimate of drug-likeness (QED) is 0.579. The van der Waals surface area contributed by atoms with Crippen LogP contribution in [0.1, 0.15) is 46.5 Å². The maximum absolute atomic E-state index is 12.9. The van der Waals surface area contributed by atoms with E-state index in [1.165, 1.54) is 0 Å². The first kappa shape index (κ1) is 15.6. The lowest BCUT2D eigenvalue weighted by Gasteiger charge is -2.61. The Morgan fingerprint density at radius 2 is 2.04 bits per heavy atom. The molecule has 1 saturated carbocycles. The van der Waals surface area contributed by atoms with Crippen LogP contribution in [0.25, 0.3) is 0 Å². The molecule has 5 nitrogen and oxygen atoms in total. The molecule has 0 aromatic rings. The Morgan fingerprint density at radius 3 is 2.78 bits per heavy atom. The minimum Gasteiger partial charge on any atom is -0.321 e. The third-order valence-electron chi connectivity index (χ3n) is 6.68. The summed E-state index contributed by atoms with van der Waals surface area (Å²) in [6.07, 6.45) is 5.36. The van der Waals surface area contributed by atoms with Crippen molar-refractivity contribution in [1.29, 1.82) is 0 Å². The minimum absolute atomic E-state index is 0.0733. The van der Waals surface area contributed by atoms with Crippen LogP contribution in [-0.4, -0.2) is 35.0 Å². The predicted octanol–water partition coefficient (Wildman–Crippen LogP) is 2.87. The number of hydrogen-bond acceptors (Lipinski definition) is 4. The van der Waals surface area contributed by atoms with Crippen LogP contribution in [0, 0.1) is 23.7 Å². The molecule has 1 amide bonds. The second-order valence-electron chi connectivity index (χ2n) is 8.00. The zero-order valence-corrected chi connectivity index (χ0v) is 14.3. The molecule has 5 heteroatoms. The van der Waals surface area contributed by atoms with Crippen LogP contribution in [0.2, 0.25) is 0 Å². The van der Waals surface area contributed by atoms with Gasteiger partial charge >= 0.3 is 0 Å². The number of amides is 1. The summed E-state index contributed by atoms with van der Waals surface area (Å²) in [4.78, 5) is 26.7. The standard InChI is InChI=1S/C18H27NO4/c1-5-10-19-15(20)12(3)14-7-6-11(2)13-8-9-17(4)21-16(19)18(13,14)23-22-17/h5,11-14,16H,1,6-10H2,2-4H3/t11-,12+,13-,14-,16-,17+,18+/m0/s1. The third kappa shape index (κ3) is 1.93. The molecular weight excluding hydrogens is 294 g/mol. The van der Waals surface area contributed by atoms with E-state index in [1.807, 2.05) is 18.7 Å². The molecule has 23 heavy (non-hydrogen) atoms. The second kappa shape index (κ2) is 5.04. The molecule has 5 aliphatic rings. The highest BCUT2D eigenvalue weighted by molar-refractivity contribution is 5.81. The lowest BCUT2D eigenvalue weighted by molar-refractivity contribution is -0.547. The fourth-order valence-electron chi connectivity index (χ4n) is 5.48. The number of likely N-dealkylation sites (tertiary alicyclic amines) is 1. The van der Waals surface area contributed by atoms with Crippen LogP contribution in [-0.2, 0) is 19.3 Å². The molecule has 5 fully saturated rings. The van der Waals surface area contributed by atoms with Crippen molar-refractivity contribution >= 4 is 5.91 Å². The second-order valence-corrected chi connectivity index (χ2v) is 8.00.